The van der Waals surface area contributed by atoms with Gasteiger partial charge in [0, 0.05) is 32.7 Å². The molecular formula is C30H41N3O5. The van der Waals surface area contributed by atoms with Gasteiger partial charge in [0.1, 0.15) is 11.6 Å². The van der Waals surface area contributed by atoms with Gasteiger partial charge < -0.3 is 24.5 Å². The van der Waals surface area contributed by atoms with Gasteiger partial charge in [-0.05, 0) is 24.8 Å². The topological polar surface area (TPSA) is 90.4 Å². The van der Waals surface area contributed by atoms with Crippen LogP contribution in [0.4, 0.5) is 0 Å². The highest BCUT2D eigenvalue weighted by Gasteiger charge is 2.74. The Morgan fingerprint density at radius 2 is 1.84 bits per heavy atom. The fourth-order valence-electron chi connectivity index (χ4n) is 6.64. The van der Waals surface area contributed by atoms with Crippen molar-refractivity contribution in [1.82, 2.24) is 14.7 Å². The molecule has 3 saturated heterocycles. The second kappa shape index (κ2) is 12.3. The number of aliphatic hydroxyl groups excluding tert-OH is 1. The third kappa shape index (κ3) is 5.04. The van der Waals surface area contributed by atoms with E-state index in [1.807, 2.05) is 30.3 Å². The number of nitrogens with zero attached hydrogens (tertiary/aromatic N) is 3. The molecule has 3 amide bonds. The molecule has 0 saturated carbocycles. The van der Waals surface area contributed by atoms with Gasteiger partial charge in [-0.3, -0.25) is 14.4 Å². The van der Waals surface area contributed by atoms with Crippen LogP contribution in [0.15, 0.2) is 55.6 Å². The summed E-state index contributed by atoms with van der Waals surface area (Å²) < 4.78 is 6.54. The second-order valence-electron chi connectivity index (χ2n) is 10.6. The molecule has 4 rings (SSSR count). The summed E-state index contributed by atoms with van der Waals surface area (Å²) in [4.78, 5) is 46.9. The highest BCUT2D eigenvalue weighted by molar-refractivity contribution is 5.99. The maximum absolute atomic E-state index is 14.1. The molecule has 206 valence electrons. The van der Waals surface area contributed by atoms with Crippen LogP contribution in [0, 0.1) is 11.8 Å². The number of fused-ring (bicyclic) bond motifs is 1. The van der Waals surface area contributed by atoms with E-state index < -0.39 is 29.6 Å². The van der Waals surface area contributed by atoms with Gasteiger partial charge in [-0.25, -0.2) is 0 Å². The number of carbonyl (C=O) groups is 3. The third-order valence-corrected chi connectivity index (χ3v) is 8.23. The molecule has 1 aromatic carbocycles. The number of aliphatic hydroxyl groups is 1. The van der Waals surface area contributed by atoms with E-state index in [0.717, 1.165) is 24.8 Å². The summed E-state index contributed by atoms with van der Waals surface area (Å²) in [7, 11) is 0. The van der Waals surface area contributed by atoms with Gasteiger partial charge in [0.05, 0.1) is 24.5 Å². The van der Waals surface area contributed by atoms with Gasteiger partial charge >= 0.3 is 0 Å². The Kier molecular flexibility index (Phi) is 9.05. The number of unbranched alkanes of at least 4 members (excludes halogenated alkanes) is 2. The average Bonchev–Trinajstić information content (AvgIpc) is 3.56. The number of likely N-dealkylation sites (tertiary alicyclic amines) is 1. The number of hydrogen-bond donors (Lipinski definition) is 1. The van der Waals surface area contributed by atoms with E-state index in [4.69, 9.17) is 4.74 Å². The van der Waals surface area contributed by atoms with Gasteiger partial charge in [0.15, 0.2) is 0 Å². The van der Waals surface area contributed by atoms with Crippen molar-refractivity contribution in [3.63, 3.8) is 0 Å². The van der Waals surface area contributed by atoms with Gasteiger partial charge in [-0.1, -0.05) is 62.2 Å². The summed E-state index contributed by atoms with van der Waals surface area (Å²) in [5, 5.41) is 9.82. The summed E-state index contributed by atoms with van der Waals surface area (Å²) in [5.74, 6) is -2.04. The van der Waals surface area contributed by atoms with Crippen LogP contribution in [-0.2, 0) is 25.7 Å². The number of β-amino-alcohol motifs (C(OH)–C–C–N with tert-alkyl or cyclic N) is 1. The van der Waals surface area contributed by atoms with Crippen molar-refractivity contribution in [3.05, 3.63) is 61.2 Å². The molecule has 5 atom stereocenters. The molecule has 0 aromatic heterocycles. The highest BCUT2D eigenvalue weighted by atomic mass is 16.5. The Morgan fingerprint density at radius 3 is 2.50 bits per heavy atom. The number of rotatable bonds is 14. The molecule has 1 aromatic rings. The van der Waals surface area contributed by atoms with Crippen molar-refractivity contribution < 1.29 is 24.2 Å². The van der Waals surface area contributed by atoms with Crippen molar-refractivity contribution >= 4 is 17.7 Å². The normalized spacial score (nSPS) is 27.3. The molecule has 3 heterocycles. The summed E-state index contributed by atoms with van der Waals surface area (Å²) in [6, 6.07) is 8.86. The first-order valence-corrected chi connectivity index (χ1v) is 13.9. The molecule has 2 unspecified atom stereocenters. The molecule has 3 fully saturated rings. The lowest BCUT2D eigenvalue weighted by Gasteiger charge is -2.37. The molecule has 38 heavy (non-hydrogen) atoms. The van der Waals surface area contributed by atoms with E-state index in [2.05, 4.69) is 20.1 Å². The van der Waals surface area contributed by atoms with Crippen LogP contribution in [-0.4, -0.2) is 88.1 Å². The Labute approximate surface area is 225 Å². The van der Waals surface area contributed by atoms with Crippen LogP contribution >= 0.6 is 0 Å². The van der Waals surface area contributed by atoms with Crippen molar-refractivity contribution in [1.29, 1.82) is 0 Å². The summed E-state index contributed by atoms with van der Waals surface area (Å²) in [6.45, 7) is 11.2. The largest absolute Gasteiger partial charge is 0.395 e. The molecule has 1 spiro atoms. The minimum Gasteiger partial charge on any atom is -0.395 e. The molecule has 0 aliphatic carbocycles. The monoisotopic (exact) mass is 523 g/mol. The standard InChI is InChI=1S/C30H41N3O5/c1-4-7-11-18-31(16-5-2)29(37)26-30-15-14-23(38-30)24(25(30)28(36)33(26)19-20-34)27(35)32(17-6-3)21-22-12-9-8-10-13-22/h5-6,8-10,12-13,23-26,34H,2-4,7,11,14-21H2,1H3/t23-,24+,25-,26?,30?/m0/s1. The number of amides is 3. The van der Waals surface area contributed by atoms with Crippen LogP contribution in [0.5, 0.6) is 0 Å². The Bertz CT molecular complexity index is 1030. The maximum atomic E-state index is 14.1. The van der Waals surface area contributed by atoms with E-state index in [1.54, 1.807) is 22.0 Å². The first kappa shape index (κ1) is 28.0. The van der Waals surface area contributed by atoms with Crippen molar-refractivity contribution in [2.75, 3.05) is 32.8 Å². The van der Waals surface area contributed by atoms with Crippen molar-refractivity contribution in [2.45, 2.75) is 63.3 Å². The Balaban J connectivity index is 1.65. The van der Waals surface area contributed by atoms with Crippen LogP contribution in [0.2, 0.25) is 0 Å². The lowest BCUT2D eigenvalue weighted by atomic mass is 9.70. The summed E-state index contributed by atoms with van der Waals surface area (Å²) in [6.07, 6.45) is 6.99. The van der Waals surface area contributed by atoms with E-state index in [9.17, 15) is 19.5 Å². The van der Waals surface area contributed by atoms with E-state index in [-0.39, 0.29) is 30.9 Å². The van der Waals surface area contributed by atoms with E-state index >= 15 is 0 Å². The van der Waals surface area contributed by atoms with Gasteiger partial charge in [0.25, 0.3) is 0 Å². The van der Waals surface area contributed by atoms with Gasteiger partial charge in [-0.2, -0.15) is 0 Å². The Hall–Kier alpha value is -2.97. The van der Waals surface area contributed by atoms with Crippen LogP contribution < -0.4 is 0 Å². The summed E-state index contributed by atoms with van der Waals surface area (Å²) in [5.41, 5.74) is -0.0770. The van der Waals surface area contributed by atoms with Crippen LogP contribution in [0.1, 0.15) is 44.6 Å². The predicted octanol–water partition coefficient (Wildman–Crippen LogP) is 2.77. The Morgan fingerprint density at radius 1 is 1.13 bits per heavy atom. The molecule has 0 radical (unpaired) electrons. The zero-order valence-electron chi connectivity index (χ0n) is 22.5. The minimum atomic E-state index is -1.06. The van der Waals surface area contributed by atoms with Gasteiger partial charge in [0.2, 0.25) is 17.7 Å². The molecule has 8 nitrogen and oxygen atoms in total. The summed E-state index contributed by atoms with van der Waals surface area (Å²) >= 11 is 0. The first-order chi connectivity index (χ1) is 18.4. The lowest BCUT2D eigenvalue weighted by Crippen LogP contribution is -2.56. The zero-order valence-corrected chi connectivity index (χ0v) is 22.5. The van der Waals surface area contributed by atoms with E-state index in [1.165, 1.54) is 4.90 Å². The molecule has 3 aliphatic heterocycles. The maximum Gasteiger partial charge on any atom is 0.248 e. The van der Waals surface area contributed by atoms with Crippen LogP contribution in [0.25, 0.3) is 0 Å². The number of ether oxygens (including phenoxy) is 1. The minimum absolute atomic E-state index is 0.0275. The molecule has 3 aliphatic rings. The van der Waals surface area contributed by atoms with E-state index in [0.29, 0.717) is 39.0 Å². The quantitative estimate of drug-likeness (QED) is 0.299. The van der Waals surface area contributed by atoms with Crippen molar-refractivity contribution in [2.24, 2.45) is 11.8 Å². The molecule has 2 bridgehead atoms. The fraction of sp³-hybridized carbons (Fsp3) is 0.567. The first-order valence-electron chi connectivity index (χ1n) is 13.9. The zero-order chi connectivity index (χ0) is 27.3. The SMILES string of the molecule is C=CCN(CCCCC)C(=O)C1N(CCO)C(=O)[C@@H]2[C@H](C(=O)N(CC=C)Cc3ccccc3)[C@@H]3CCC12O3. The second-order valence-corrected chi connectivity index (χ2v) is 10.6. The molecule has 1 N–H and O–H groups in total. The number of hydrogen-bond acceptors (Lipinski definition) is 5. The molecule has 8 heteroatoms. The molecular weight excluding hydrogens is 482 g/mol. The van der Waals surface area contributed by atoms with Crippen LogP contribution in [0.3, 0.4) is 0 Å². The van der Waals surface area contributed by atoms with Gasteiger partial charge in [-0.15, -0.1) is 13.2 Å². The fourth-order valence-corrected chi connectivity index (χ4v) is 6.64. The van der Waals surface area contributed by atoms with Crippen molar-refractivity contribution in [3.8, 4) is 0 Å². The highest BCUT2D eigenvalue weighted by Crippen LogP contribution is 2.58. The number of benzene rings is 1. The lowest BCUT2D eigenvalue weighted by molar-refractivity contribution is -0.149. The predicted molar refractivity (Wildman–Crippen MR) is 145 cm³/mol. The smallest absolute Gasteiger partial charge is 0.248 e. The third-order valence-electron chi connectivity index (χ3n) is 8.23. The average molecular weight is 524 g/mol. The number of carbonyl (C=O) groups excluding carboxylic acids is 3.